The molecule has 0 saturated carbocycles. The number of halogens is 1. The predicted molar refractivity (Wildman–Crippen MR) is 121 cm³/mol. The molecule has 1 atom stereocenters. The summed E-state index contributed by atoms with van der Waals surface area (Å²) in [5, 5.41) is 19.8. The number of carboxylic acids is 2. The van der Waals surface area contributed by atoms with Crippen LogP contribution in [0.1, 0.15) is 5.56 Å². The van der Waals surface area contributed by atoms with Crippen LogP contribution in [0.2, 0.25) is 0 Å². The van der Waals surface area contributed by atoms with Crippen molar-refractivity contribution in [2.75, 3.05) is 31.1 Å². The van der Waals surface area contributed by atoms with Crippen molar-refractivity contribution in [1.29, 1.82) is 0 Å². The zero-order chi connectivity index (χ0) is 23.6. The number of nitrogens with one attached hydrogen (secondary N) is 1. The Balaban J connectivity index is 0.000000331. The third-order valence-corrected chi connectivity index (χ3v) is 4.95. The summed E-state index contributed by atoms with van der Waals surface area (Å²) in [4.78, 5) is 21.3. The fourth-order valence-electron chi connectivity index (χ4n) is 3.50. The lowest BCUT2D eigenvalue weighted by molar-refractivity contribution is -0.134. The highest BCUT2D eigenvalue weighted by Crippen LogP contribution is 2.31. The van der Waals surface area contributed by atoms with E-state index in [4.69, 9.17) is 19.4 Å². The van der Waals surface area contributed by atoms with E-state index in [1.807, 2.05) is 18.2 Å². The van der Waals surface area contributed by atoms with Crippen molar-refractivity contribution in [3.63, 3.8) is 0 Å². The van der Waals surface area contributed by atoms with Crippen molar-refractivity contribution >= 4 is 28.6 Å². The Hall–Kier alpha value is -3.69. The molecule has 4 rings (SSSR count). The van der Waals surface area contributed by atoms with Gasteiger partial charge in [0, 0.05) is 43.2 Å². The normalized spacial score (nSPS) is 15.9. The quantitative estimate of drug-likeness (QED) is 0.465. The first kappa shape index (κ1) is 24.0. The van der Waals surface area contributed by atoms with Gasteiger partial charge in [0.15, 0.2) is 5.58 Å². The summed E-state index contributed by atoms with van der Waals surface area (Å²) in [5.41, 5.74) is 2.68. The number of anilines is 1. The number of piperazine rings is 1. The molecule has 0 unspecified atom stereocenters. The molecule has 0 aliphatic carbocycles. The number of carboxylic acid groups (broad SMARTS) is 2. The minimum Gasteiger partial charge on any atom is -0.478 e. The first-order chi connectivity index (χ1) is 15.9. The number of fused-ring (bicyclic) bond motifs is 1. The summed E-state index contributed by atoms with van der Waals surface area (Å²) in [6.45, 7) is 3.59. The molecule has 0 amide bonds. The molecule has 1 aliphatic rings. The maximum absolute atomic E-state index is 14.0. The van der Waals surface area contributed by atoms with E-state index in [0.717, 1.165) is 41.9 Å². The predicted octanol–water partition coefficient (Wildman–Crippen LogP) is 3.28. The molecule has 2 aromatic carbocycles. The second-order valence-corrected chi connectivity index (χ2v) is 7.33. The van der Waals surface area contributed by atoms with Crippen LogP contribution >= 0.6 is 0 Å². The topological polar surface area (TPSA) is 112 Å². The average Bonchev–Trinajstić information content (AvgIpc) is 3.27. The van der Waals surface area contributed by atoms with Crippen LogP contribution in [-0.2, 0) is 20.9 Å². The van der Waals surface area contributed by atoms with Gasteiger partial charge >= 0.3 is 11.9 Å². The van der Waals surface area contributed by atoms with Crippen molar-refractivity contribution in [2.45, 2.75) is 12.6 Å². The van der Waals surface area contributed by atoms with Crippen LogP contribution < -0.4 is 10.2 Å². The smallest absolute Gasteiger partial charge is 0.328 e. The number of rotatable bonds is 7. The standard InChI is InChI=1S/C20H21FN2O2.C4H4O4/c21-17-10-16-6-9-25-20(16)19(11-17)23-8-7-22-12-18(23)14-24-13-15-4-2-1-3-5-15;5-3(6)1-2-4(7)8/h1-6,9-11,18,22H,7-8,12-14H2;1-2H,(H,5,6)(H,7,8)/b;2-1+/t18-;/m0./s1. The molecule has 1 fully saturated rings. The number of nitrogens with zero attached hydrogens (tertiary/aromatic N) is 1. The highest BCUT2D eigenvalue weighted by atomic mass is 19.1. The number of ether oxygens (including phenoxy) is 1. The largest absolute Gasteiger partial charge is 0.478 e. The van der Waals surface area contributed by atoms with Gasteiger partial charge in [-0.25, -0.2) is 14.0 Å². The van der Waals surface area contributed by atoms with E-state index in [2.05, 4.69) is 22.3 Å². The molecular formula is C24H25FN2O6. The van der Waals surface area contributed by atoms with Crippen LogP contribution in [0.3, 0.4) is 0 Å². The van der Waals surface area contributed by atoms with Crippen LogP contribution in [-0.4, -0.2) is 54.4 Å². The summed E-state index contributed by atoms with van der Waals surface area (Å²) < 4.78 is 25.6. The van der Waals surface area contributed by atoms with Gasteiger partial charge in [-0.1, -0.05) is 30.3 Å². The maximum Gasteiger partial charge on any atom is 0.328 e. The Morgan fingerprint density at radius 3 is 2.58 bits per heavy atom. The summed E-state index contributed by atoms with van der Waals surface area (Å²) in [5.74, 6) is -2.76. The number of benzene rings is 2. The summed E-state index contributed by atoms with van der Waals surface area (Å²) >= 11 is 0. The number of carbonyl (C=O) groups is 2. The van der Waals surface area contributed by atoms with Crippen LogP contribution in [0.4, 0.5) is 10.1 Å². The van der Waals surface area contributed by atoms with E-state index in [1.165, 1.54) is 6.07 Å². The molecule has 2 heterocycles. The molecular weight excluding hydrogens is 431 g/mol. The molecule has 8 nitrogen and oxygen atoms in total. The van der Waals surface area contributed by atoms with Gasteiger partial charge in [0.25, 0.3) is 0 Å². The van der Waals surface area contributed by atoms with Gasteiger partial charge in [-0.15, -0.1) is 0 Å². The summed E-state index contributed by atoms with van der Waals surface area (Å²) in [6, 6.07) is 15.1. The van der Waals surface area contributed by atoms with Gasteiger partial charge in [-0.05, 0) is 17.7 Å². The lowest BCUT2D eigenvalue weighted by atomic mass is 10.1. The Morgan fingerprint density at radius 1 is 1.15 bits per heavy atom. The second kappa shape index (κ2) is 11.8. The molecule has 1 saturated heterocycles. The fraction of sp³-hybridized carbons (Fsp3) is 0.250. The molecule has 174 valence electrons. The highest BCUT2D eigenvalue weighted by molar-refractivity contribution is 5.90. The monoisotopic (exact) mass is 456 g/mol. The van der Waals surface area contributed by atoms with E-state index in [0.29, 0.717) is 25.4 Å². The second-order valence-electron chi connectivity index (χ2n) is 7.33. The molecule has 3 N–H and O–H groups in total. The van der Waals surface area contributed by atoms with Gasteiger partial charge in [-0.3, -0.25) is 0 Å². The van der Waals surface area contributed by atoms with Crippen molar-refractivity contribution in [3.8, 4) is 0 Å². The summed E-state index contributed by atoms with van der Waals surface area (Å²) in [6.07, 6.45) is 2.72. The van der Waals surface area contributed by atoms with Crippen molar-refractivity contribution in [1.82, 2.24) is 5.32 Å². The Bertz CT molecular complexity index is 1080. The van der Waals surface area contributed by atoms with E-state index in [-0.39, 0.29) is 11.9 Å². The molecule has 0 bridgehead atoms. The first-order valence-corrected chi connectivity index (χ1v) is 10.3. The average molecular weight is 456 g/mol. The molecule has 1 aromatic heterocycles. The minimum absolute atomic E-state index is 0.132. The van der Waals surface area contributed by atoms with E-state index >= 15 is 0 Å². The number of hydrogen-bond donors (Lipinski definition) is 3. The third kappa shape index (κ3) is 7.16. The zero-order valence-corrected chi connectivity index (χ0v) is 17.8. The third-order valence-electron chi connectivity index (χ3n) is 4.95. The SMILES string of the molecule is Fc1cc(N2CCNC[C@H]2COCc2ccccc2)c2occc2c1.O=C(O)/C=C/C(=O)O. The van der Waals surface area contributed by atoms with Crippen LogP contribution in [0, 0.1) is 5.82 Å². The Kier molecular flexibility index (Phi) is 8.56. The van der Waals surface area contributed by atoms with Gasteiger partial charge in [-0.2, -0.15) is 0 Å². The Morgan fingerprint density at radius 2 is 1.88 bits per heavy atom. The van der Waals surface area contributed by atoms with E-state index in [1.54, 1.807) is 18.4 Å². The Labute approximate surface area is 189 Å². The number of furan rings is 1. The number of hydrogen-bond acceptors (Lipinski definition) is 6. The molecule has 33 heavy (non-hydrogen) atoms. The van der Waals surface area contributed by atoms with E-state index < -0.39 is 11.9 Å². The molecule has 9 heteroatoms. The van der Waals surface area contributed by atoms with Crippen LogP contribution in [0.5, 0.6) is 0 Å². The molecule has 0 radical (unpaired) electrons. The van der Waals surface area contributed by atoms with Crippen molar-refractivity contribution in [2.24, 2.45) is 0 Å². The van der Waals surface area contributed by atoms with Crippen molar-refractivity contribution in [3.05, 3.63) is 78.3 Å². The van der Waals surface area contributed by atoms with Gasteiger partial charge in [0.1, 0.15) is 5.82 Å². The van der Waals surface area contributed by atoms with Gasteiger partial charge in [0.2, 0.25) is 0 Å². The van der Waals surface area contributed by atoms with Crippen LogP contribution in [0.15, 0.2) is 71.4 Å². The lowest BCUT2D eigenvalue weighted by Crippen LogP contribution is -2.53. The summed E-state index contributed by atoms with van der Waals surface area (Å²) in [7, 11) is 0. The number of aliphatic carboxylic acids is 2. The molecule has 0 spiro atoms. The van der Waals surface area contributed by atoms with Gasteiger partial charge < -0.3 is 29.6 Å². The van der Waals surface area contributed by atoms with Gasteiger partial charge in [0.05, 0.1) is 31.2 Å². The zero-order valence-electron chi connectivity index (χ0n) is 17.8. The lowest BCUT2D eigenvalue weighted by Gasteiger charge is -2.37. The molecule has 3 aromatic rings. The van der Waals surface area contributed by atoms with Crippen LogP contribution in [0.25, 0.3) is 11.0 Å². The minimum atomic E-state index is -1.26. The van der Waals surface area contributed by atoms with E-state index in [9.17, 15) is 14.0 Å². The fourth-order valence-corrected chi connectivity index (χ4v) is 3.50. The first-order valence-electron chi connectivity index (χ1n) is 10.3. The highest BCUT2D eigenvalue weighted by Gasteiger charge is 2.25. The molecule has 1 aliphatic heterocycles. The maximum atomic E-state index is 14.0. The van der Waals surface area contributed by atoms with Crippen molar-refractivity contribution < 1.29 is 33.3 Å².